The van der Waals surface area contributed by atoms with Gasteiger partial charge in [-0.05, 0) is 19.3 Å². The molecule has 0 aliphatic rings. The first-order valence-corrected chi connectivity index (χ1v) is 5.14. The maximum Gasteiger partial charge on any atom is 0.221 e. The molecule has 0 aromatic rings. The van der Waals surface area contributed by atoms with E-state index in [0.29, 0.717) is 25.4 Å². The van der Waals surface area contributed by atoms with Gasteiger partial charge in [0.2, 0.25) is 5.91 Å². The molecule has 0 aromatic heterocycles. The Morgan fingerprint density at radius 3 is 2.36 bits per heavy atom. The van der Waals surface area contributed by atoms with Crippen molar-refractivity contribution in [1.29, 1.82) is 0 Å². The number of amides is 1. The van der Waals surface area contributed by atoms with Crippen LogP contribution < -0.4 is 16.8 Å². The summed E-state index contributed by atoms with van der Waals surface area (Å²) in [6, 6.07) is 0. The van der Waals surface area contributed by atoms with Crippen LogP contribution in [0.3, 0.4) is 0 Å². The number of hydrogen-bond donors (Lipinski definition) is 3. The summed E-state index contributed by atoms with van der Waals surface area (Å²) in [7, 11) is 0. The van der Waals surface area contributed by atoms with Gasteiger partial charge in [-0.25, -0.2) is 0 Å². The van der Waals surface area contributed by atoms with E-state index in [4.69, 9.17) is 11.5 Å². The Bertz CT molecular complexity index is 182. The Kier molecular flexibility index (Phi) is 5.72. The normalized spacial score (nSPS) is 15.3. The van der Waals surface area contributed by atoms with Gasteiger partial charge in [0, 0.05) is 25.0 Å². The van der Waals surface area contributed by atoms with E-state index in [0.717, 1.165) is 6.42 Å². The summed E-state index contributed by atoms with van der Waals surface area (Å²) in [4.78, 5) is 11.4. The molecule has 1 amide bonds. The van der Waals surface area contributed by atoms with Crippen molar-refractivity contribution >= 4 is 5.91 Å². The number of rotatable bonds is 6. The van der Waals surface area contributed by atoms with Crippen molar-refractivity contribution in [2.45, 2.75) is 39.2 Å². The zero-order valence-corrected chi connectivity index (χ0v) is 9.47. The summed E-state index contributed by atoms with van der Waals surface area (Å²) in [5.74, 6) is 0.503. The van der Waals surface area contributed by atoms with Crippen molar-refractivity contribution in [2.75, 3.05) is 13.1 Å². The molecule has 0 aromatic carbocycles. The summed E-state index contributed by atoms with van der Waals surface area (Å²) >= 11 is 0. The smallest absolute Gasteiger partial charge is 0.221 e. The molecule has 0 aliphatic heterocycles. The molecule has 0 bridgehead atoms. The summed E-state index contributed by atoms with van der Waals surface area (Å²) in [6.45, 7) is 7.04. The van der Waals surface area contributed by atoms with Crippen LogP contribution in [0, 0.1) is 5.92 Å². The third-order valence-corrected chi connectivity index (χ3v) is 2.12. The second-order valence-corrected chi connectivity index (χ2v) is 4.45. The van der Waals surface area contributed by atoms with Crippen LogP contribution >= 0.6 is 0 Å². The molecular formula is C10H23N3O. The molecule has 1 unspecified atom stereocenters. The van der Waals surface area contributed by atoms with E-state index in [1.54, 1.807) is 0 Å². The maximum atomic E-state index is 11.4. The van der Waals surface area contributed by atoms with Gasteiger partial charge < -0.3 is 16.8 Å². The molecule has 1 atom stereocenters. The molecule has 4 nitrogen and oxygen atoms in total. The third kappa shape index (κ3) is 5.19. The molecule has 0 heterocycles. The van der Waals surface area contributed by atoms with Gasteiger partial charge in [0.05, 0.1) is 0 Å². The topological polar surface area (TPSA) is 81.1 Å². The third-order valence-electron chi connectivity index (χ3n) is 2.12. The summed E-state index contributed by atoms with van der Waals surface area (Å²) < 4.78 is 0. The second-order valence-electron chi connectivity index (χ2n) is 4.45. The molecule has 5 N–H and O–H groups in total. The lowest BCUT2D eigenvalue weighted by molar-refractivity contribution is -0.122. The Labute approximate surface area is 86.4 Å². The number of carbonyl (C=O) groups excluding carboxylic acids is 1. The number of nitrogens with two attached hydrogens (primary N) is 2. The van der Waals surface area contributed by atoms with Gasteiger partial charge in [-0.1, -0.05) is 13.8 Å². The van der Waals surface area contributed by atoms with E-state index in [1.165, 1.54) is 0 Å². The Hall–Kier alpha value is -0.610. The standard InChI is InChI=1S/C10H23N3O/c1-8(2)6-10(3,7-12)13-9(14)4-5-11/h8H,4-7,11-12H2,1-3H3,(H,13,14). The minimum absolute atomic E-state index is 0.0129. The van der Waals surface area contributed by atoms with Gasteiger partial charge in [-0.3, -0.25) is 4.79 Å². The van der Waals surface area contributed by atoms with Crippen molar-refractivity contribution in [3.8, 4) is 0 Å². The van der Waals surface area contributed by atoms with E-state index >= 15 is 0 Å². The van der Waals surface area contributed by atoms with E-state index in [2.05, 4.69) is 19.2 Å². The lowest BCUT2D eigenvalue weighted by Crippen LogP contribution is -2.52. The van der Waals surface area contributed by atoms with Crippen LogP contribution in [0.25, 0.3) is 0 Å². The van der Waals surface area contributed by atoms with Crippen LogP contribution in [-0.4, -0.2) is 24.5 Å². The summed E-state index contributed by atoms with van der Waals surface area (Å²) in [5, 5.41) is 2.93. The SMILES string of the molecule is CC(C)CC(C)(CN)NC(=O)CCN. The van der Waals surface area contributed by atoms with Crippen LogP contribution in [0.4, 0.5) is 0 Å². The number of hydrogen-bond acceptors (Lipinski definition) is 3. The number of nitrogens with one attached hydrogen (secondary N) is 1. The van der Waals surface area contributed by atoms with Crippen molar-refractivity contribution in [1.82, 2.24) is 5.32 Å². The molecule has 0 saturated carbocycles. The van der Waals surface area contributed by atoms with E-state index < -0.39 is 0 Å². The van der Waals surface area contributed by atoms with Gasteiger partial charge in [0.1, 0.15) is 0 Å². The van der Waals surface area contributed by atoms with Crippen LogP contribution in [0.1, 0.15) is 33.6 Å². The molecule has 0 fully saturated rings. The average Bonchev–Trinajstić information content (AvgIpc) is 2.02. The zero-order chi connectivity index (χ0) is 11.2. The van der Waals surface area contributed by atoms with Gasteiger partial charge in [0.15, 0.2) is 0 Å². The molecule has 4 heteroatoms. The van der Waals surface area contributed by atoms with Crippen LogP contribution in [-0.2, 0) is 4.79 Å². The van der Waals surface area contributed by atoms with Gasteiger partial charge >= 0.3 is 0 Å². The average molecular weight is 201 g/mol. The first kappa shape index (κ1) is 13.4. The summed E-state index contributed by atoms with van der Waals surface area (Å²) in [6.07, 6.45) is 1.26. The largest absolute Gasteiger partial charge is 0.350 e. The molecule has 14 heavy (non-hydrogen) atoms. The van der Waals surface area contributed by atoms with Gasteiger partial charge in [-0.2, -0.15) is 0 Å². The molecule has 84 valence electrons. The molecule has 0 aliphatic carbocycles. The predicted molar refractivity (Wildman–Crippen MR) is 58.7 cm³/mol. The highest BCUT2D eigenvalue weighted by molar-refractivity contribution is 5.76. The maximum absolute atomic E-state index is 11.4. The fourth-order valence-electron chi connectivity index (χ4n) is 1.62. The van der Waals surface area contributed by atoms with Crippen LogP contribution in [0.15, 0.2) is 0 Å². The van der Waals surface area contributed by atoms with E-state index in [1.807, 2.05) is 6.92 Å². The highest BCUT2D eigenvalue weighted by atomic mass is 16.1. The Morgan fingerprint density at radius 2 is 2.00 bits per heavy atom. The highest BCUT2D eigenvalue weighted by Crippen LogP contribution is 2.15. The van der Waals surface area contributed by atoms with Crippen molar-refractivity contribution in [2.24, 2.45) is 17.4 Å². The predicted octanol–water partition coefficient (Wildman–Crippen LogP) is 0.215. The fourth-order valence-corrected chi connectivity index (χ4v) is 1.62. The molecule has 0 rings (SSSR count). The quantitative estimate of drug-likeness (QED) is 0.575. The monoisotopic (exact) mass is 201 g/mol. The van der Waals surface area contributed by atoms with Crippen molar-refractivity contribution < 1.29 is 4.79 Å². The Balaban J connectivity index is 4.17. The lowest BCUT2D eigenvalue weighted by atomic mass is 9.90. The van der Waals surface area contributed by atoms with Crippen LogP contribution in [0.5, 0.6) is 0 Å². The minimum atomic E-state index is -0.291. The Morgan fingerprint density at radius 1 is 1.43 bits per heavy atom. The fraction of sp³-hybridized carbons (Fsp3) is 0.900. The van der Waals surface area contributed by atoms with Crippen molar-refractivity contribution in [3.05, 3.63) is 0 Å². The minimum Gasteiger partial charge on any atom is -0.350 e. The first-order valence-electron chi connectivity index (χ1n) is 5.14. The van der Waals surface area contributed by atoms with Gasteiger partial charge in [0.25, 0.3) is 0 Å². The van der Waals surface area contributed by atoms with Crippen molar-refractivity contribution in [3.63, 3.8) is 0 Å². The summed E-state index contributed by atoms with van der Waals surface area (Å²) in [5.41, 5.74) is 10.7. The molecule has 0 saturated heterocycles. The highest BCUT2D eigenvalue weighted by Gasteiger charge is 2.25. The van der Waals surface area contributed by atoms with E-state index in [9.17, 15) is 4.79 Å². The first-order chi connectivity index (χ1) is 6.43. The molecule has 0 spiro atoms. The van der Waals surface area contributed by atoms with E-state index in [-0.39, 0.29) is 11.4 Å². The number of carbonyl (C=O) groups is 1. The molecule has 0 radical (unpaired) electrons. The van der Waals surface area contributed by atoms with Crippen LogP contribution in [0.2, 0.25) is 0 Å². The lowest BCUT2D eigenvalue weighted by Gasteiger charge is -2.31. The van der Waals surface area contributed by atoms with Gasteiger partial charge in [-0.15, -0.1) is 0 Å². The second kappa shape index (κ2) is 5.98. The zero-order valence-electron chi connectivity index (χ0n) is 9.47. The molecular weight excluding hydrogens is 178 g/mol.